The number of ether oxygens (including phenoxy) is 1. The maximum absolute atomic E-state index is 12.8. The molecule has 0 spiro atoms. The zero-order chi connectivity index (χ0) is 20.1. The summed E-state index contributed by atoms with van der Waals surface area (Å²) in [6, 6.07) is 19.8. The van der Waals surface area contributed by atoms with Gasteiger partial charge < -0.3 is 14.8 Å². The number of nitrogens with one attached hydrogen (secondary N) is 1. The lowest BCUT2D eigenvalue weighted by molar-refractivity contribution is 0.102. The highest BCUT2D eigenvalue weighted by Gasteiger charge is 2.14. The van der Waals surface area contributed by atoms with Gasteiger partial charge in [-0.3, -0.25) is 4.79 Å². The summed E-state index contributed by atoms with van der Waals surface area (Å²) < 4.78 is 34.5. The monoisotopic (exact) mass is 395 g/mol. The summed E-state index contributed by atoms with van der Waals surface area (Å²) in [4.78, 5) is 12.5. The molecule has 0 atom stereocenters. The summed E-state index contributed by atoms with van der Waals surface area (Å²) in [7, 11) is -2.46. The van der Waals surface area contributed by atoms with E-state index in [2.05, 4.69) is 10.0 Å². The summed E-state index contributed by atoms with van der Waals surface area (Å²) in [6.45, 7) is 1.66. The lowest BCUT2D eigenvalue weighted by atomic mass is 10.1. The smallest absolute Gasteiger partial charge is 0.255 e. The SMILES string of the molecule is COc1ccc([N-]S(=O)(=O)c2cc(C(=O)Nc3ccccc3)ccc2C)cc1. The van der Waals surface area contributed by atoms with E-state index >= 15 is 0 Å². The molecule has 0 aliphatic carbocycles. The molecular weight excluding hydrogens is 376 g/mol. The molecule has 0 aliphatic heterocycles. The standard InChI is InChI=1S/C21H19N2O4S/c1-15-8-9-16(21(24)22-17-6-4-3-5-7-17)14-20(15)28(25,26)23-18-10-12-19(27-2)13-11-18/h3-14H,1-2H3,(H,22,24)/q-1. The number of methoxy groups -OCH3 is 1. The fourth-order valence-corrected chi connectivity index (χ4v) is 3.82. The van der Waals surface area contributed by atoms with Gasteiger partial charge in [-0.05, 0) is 48.9 Å². The van der Waals surface area contributed by atoms with Crippen LogP contribution in [0.4, 0.5) is 11.4 Å². The van der Waals surface area contributed by atoms with E-state index in [0.29, 0.717) is 17.0 Å². The molecule has 0 bridgehead atoms. The molecule has 0 saturated heterocycles. The average molecular weight is 395 g/mol. The summed E-state index contributed by atoms with van der Waals surface area (Å²) >= 11 is 0. The third kappa shape index (κ3) is 4.50. The van der Waals surface area contributed by atoms with Gasteiger partial charge in [0.25, 0.3) is 5.91 Å². The van der Waals surface area contributed by atoms with Crippen LogP contribution in [0.5, 0.6) is 5.75 Å². The van der Waals surface area contributed by atoms with Crippen LogP contribution < -0.4 is 10.1 Å². The first kappa shape index (κ1) is 19.4. The second-order valence-corrected chi connectivity index (χ2v) is 7.64. The number of carbonyl (C=O) groups is 1. The van der Waals surface area contributed by atoms with E-state index in [4.69, 9.17) is 4.74 Å². The van der Waals surface area contributed by atoms with E-state index in [1.807, 2.05) is 6.07 Å². The Balaban J connectivity index is 1.86. The predicted molar refractivity (Wildman–Crippen MR) is 109 cm³/mol. The molecule has 7 heteroatoms. The number of carbonyl (C=O) groups excluding carboxylic acids is 1. The maximum Gasteiger partial charge on any atom is 0.255 e. The number of anilines is 1. The van der Waals surface area contributed by atoms with Crippen LogP contribution in [0.2, 0.25) is 0 Å². The third-order valence-corrected chi connectivity index (χ3v) is 5.50. The van der Waals surface area contributed by atoms with Crippen LogP contribution in [0.3, 0.4) is 0 Å². The van der Waals surface area contributed by atoms with Gasteiger partial charge in [0, 0.05) is 11.3 Å². The Labute approximate surface area is 164 Å². The Morgan fingerprint density at radius 1 is 0.964 bits per heavy atom. The molecular formula is C21H19N2O4S-. The van der Waals surface area contributed by atoms with Gasteiger partial charge >= 0.3 is 0 Å². The molecule has 0 aliphatic rings. The minimum Gasteiger partial charge on any atom is -0.573 e. The quantitative estimate of drug-likeness (QED) is 0.658. The van der Waals surface area contributed by atoms with Crippen molar-refractivity contribution < 1.29 is 17.9 Å². The third-order valence-electron chi connectivity index (χ3n) is 4.06. The van der Waals surface area contributed by atoms with Crippen molar-refractivity contribution in [3.05, 3.63) is 88.6 Å². The van der Waals surface area contributed by atoms with Crippen molar-refractivity contribution in [3.8, 4) is 5.75 Å². The highest BCUT2D eigenvalue weighted by atomic mass is 32.2. The van der Waals surface area contributed by atoms with Gasteiger partial charge in [-0.1, -0.05) is 36.4 Å². The summed E-state index contributed by atoms with van der Waals surface area (Å²) in [6.07, 6.45) is 0. The molecule has 0 fully saturated rings. The molecule has 1 N–H and O–H groups in total. The van der Waals surface area contributed by atoms with Crippen LogP contribution >= 0.6 is 0 Å². The van der Waals surface area contributed by atoms with Crippen LogP contribution in [-0.2, 0) is 10.0 Å². The summed E-state index contributed by atoms with van der Waals surface area (Å²) in [5.41, 5.74) is 1.64. The molecule has 3 aromatic rings. The van der Waals surface area contributed by atoms with Crippen molar-refractivity contribution in [2.75, 3.05) is 12.4 Å². The fourth-order valence-electron chi connectivity index (χ4n) is 2.58. The van der Waals surface area contributed by atoms with Gasteiger partial charge in [0.2, 0.25) is 0 Å². The van der Waals surface area contributed by atoms with Gasteiger partial charge in [-0.25, -0.2) is 8.42 Å². The van der Waals surface area contributed by atoms with E-state index in [-0.39, 0.29) is 16.1 Å². The Morgan fingerprint density at radius 2 is 1.64 bits per heavy atom. The topological polar surface area (TPSA) is 86.6 Å². The number of benzene rings is 3. The average Bonchev–Trinajstić information content (AvgIpc) is 2.69. The van der Waals surface area contributed by atoms with E-state index in [1.165, 1.54) is 13.2 Å². The minimum absolute atomic E-state index is 0.0102. The fraction of sp³-hybridized carbons (Fsp3) is 0.0952. The van der Waals surface area contributed by atoms with E-state index in [9.17, 15) is 13.2 Å². The number of hydrogen-bond acceptors (Lipinski definition) is 4. The van der Waals surface area contributed by atoms with E-state index in [0.717, 1.165) is 0 Å². The van der Waals surface area contributed by atoms with Crippen LogP contribution in [-0.4, -0.2) is 21.4 Å². The van der Waals surface area contributed by atoms with Crippen molar-refractivity contribution in [1.29, 1.82) is 0 Å². The number of rotatable bonds is 6. The normalized spacial score (nSPS) is 10.9. The molecule has 0 aromatic heterocycles. The first-order chi connectivity index (χ1) is 13.4. The van der Waals surface area contributed by atoms with Crippen molar-refractivity contribution in [3.63, 3.8) is 0 Å². The van der Waals surface area contributed by atoms with Crippen LogP contribution in [0, 0.1) is 6.92 Å². The van der Waals surface area contributed by atoms with Crippen molar-refractivity contribution >= 4 is 27.3 Å². The molecule has 144 valence electrons. The van der Waals surface area contributed by atoms with Gasteiger partial charge in [-0.15, -0.1) is 5.69 Å². The zero-order valence-corrected chi connectivity index (χ0v) is 16.2. The molecule has 0 unspecified atom stereocenters. The Hall–Kier alpha value is -3.32. The number of para-hydroxylation sites is 1. The maximum atomic E-state index is 12.8. The molecule has 0 heterocycles. The van der Waals surface area contributed by atoms with E-state index < -0.39 is 15.9 Å². The first-order valence-electron chi connectivity index (χ1n) is 8.48. The number of amides is 1. The van der Waals surface area contributed by atoms with Crippen molar-refractivity contribution in [1.82, 2.24) is 0 Å². The van der Waals surface area contributed by atoms with E-state index in [1.54, 1.807) is 67.6 Å². The second kappa shape index (κ2) is 8.14. The molecule has 0 radical (unpaired) electrons. The predicted octanol–water partition coefficient (Wildman–Crippen LogP) is 4.65. The largest absolute Gasteiger partial charge is 0.573 e. The lowest BCUT2D eigenvalue weighted by Crippen LogP contribution is -2.13. The van der Waals surface area contributed by atoms with Gasteiger partial charge in [0.05, 0.1) is 12.0 Å². The van der Waals surface area contributed by atoms with Gasteiger partial charge in [0.15, 0.2) is 0 Å². The van der Waals surface area contributed by atoms with Crippen LogP contribution in [0.15, 0.2) is 77.7 Å². The number of hydrogen-bond donors (Lipinski definition) is 1. The molecule has 3 aromatic carbocycles. The number of nitrogens with zero attached hydrogens (tertiary/aromatic N) is 1. The van der Waals surface area contributed by atoms with Crippen LogP contribution in [0.1, 0.15) is 15.9 Å². The highest BCUT2D eigenvalue weighted by Crippen LogP contribution is 2.31. The van der Waals surface area contributed by atoms with Crippen molar-refractivity contribution in [2.45, 2.75) is 11.8 Å². The molecule has 1 amide bonds. The Bertz CT molecular complexity index is 1080. The molecule has 6 nitrogen and oxygen atoms in total. The lowest BCUT2D eigenvalue weighted by Gasteiger charge is -2.23. The summed E-state index contributed by atoms with van der Waals surface area (Å²) in [5, 5.41) is 2.74. The molecule has 0 saturated carbocycles. The Kier molecular flexibility index (Phi) is 5.65. The van der Waals surface area contributed by atoms with Crippen molar-refractivity contribution in [2.24, 2.45) is 0 Å². The first-order valence-corrected chi connectivity index (χ1v) is 9.92. The Morgan fingerprint density at radius 3 is 2.29 bits per heavy atom. The second-order valence-electron chi connectivity index (χ2n) is 6.06. The number of aryl methyl sites for hydroxylation is 1. The van der Waals surface area contributed by atoms with Gasteiger partial charge in [0.1, 0.15) is 15.8 Å². The number of sulfonamides is 1. The highest BCUT2D eigenvalue weighted by molar-refractivity contribution is 7.94. The van der Waals surface area contributed by atoms with Gasteiger partial charge in [-0.2, -0.15) is 0 Å². The molecule has 3 rings (SSSR count). The van der Waals surface area contributed by atoms with Crippen LogP contribution in [0.25, 0.3) is 4.72 Å². The summed E-state index contributed by atoms with van der Waals surface area (Å²) in [5.74, 6) is 0.208. The zero-order valence-electron chi connectivity index (χ0n) is 15.4. The molecule has 28 heavy (non-hydrogen) atoms. The minimum atomic E-state index is -3.99.